The molecule has 1 fully saturated rings. The molecule has 4 heteroatoms. The van der Waals surface area contributed by atoms with Crippen LogP contribution < -0.4 is 0 Å². The Morgan fingerprint density at radius 3 is 2.48 bits per heavy atom. The van der Waals surface area contributed by atoms with Gasteiger partial charge < -0.3 is 10.0 Å². The molecule has 1 aliphatic heterocycles. The van der Waals surface area contributed by atoms with Crippen LogP contribution in [0, 0.1) is 0 Å². The van der Waals surface area contributed by atoms with Crippen molar-refractivity contribution in [2.75, 3.05) is 5.75 Å². The van der Waals surface area contributed by atoms with Crippen molar-refractivity contribution in [3.63, 3.8) is 0 Å². The topological polar surface area (TPSA) is 40.5 Å². The van der Waals surface area contributed by atoms with Crippen molar-refractivity contribution in [2.45, 2.75) is 18.3 Å². The highest BCUT2D eigenvalue weighted by molar-refractivity contribution is 8.00. The smallest absolute Gasteiger partial charge is 0.234 e. The first-order chi connectivity index (χ1) is 10.2. The van der Waals surface area contributed by atoms with Crippen LogP contribution in [0.3, 0.4) is 0 Å². The molecule has 0 unspecified atom stereocenters. The molecule has 2 aromatic rings. The summed E-state index contributed by atoms with van der Waals surface area (Å²) in [5.41, 5.74) is 2.18. The van der Waals surface area contributed by atoms with E-state index in [4.69, 9.17) is 0 Å². The van der Waals surface area contributed by atoms with E-state index in [2.05, 4.69) is 19.1 Å². The summed E-state index contributed by atoms with van der Waals surface area (Å²) in [6.45, 7) is 2.06. The molecule has 108 valence electrons. The maximum absolute atomic E-state index is 12.3. The van der Waals surface area contributed by atoms with Gasteiger partial charge in [-0.3, -0.25) is 4.79 Å². The number of carbonyl (C=O) groups is 1. The molecule has 2 atom stereocenters. The van der Waals surface area contributed by atoms with Gasteiger partial charge in [0.1, 0.15) is 11.1 Å². The van der Waals surface area contributed by atoms with Gasteiger partial charge in [-0.15, -0.1) is 11.8 Å². The number of aromatic hydroxyl groups is 1. The van der Waals surface area contributed by atoms with Crippen LogP contribution >= 0.6 is 11.8 Å². The second-order valence-corrected chi connectivity index (χ2v) is 6.21. The molecule has 0 aliphatic carbocycles. The lowest BCUT2D eigenvalue weighted by atomic mass is 10.1. The van der Waals surface area contributed by atoms with Crippen LogP contribution in [0.2, 0.25) is 0 Å². The van der Waals surface area contributed by atoms with Crippen LogP contribution in [0.15, 0.2) is 54.6 Å². The molecule has 1 aliphatic rings. The van der Waals surface area contributed by atoms with Crippen molar-refractivity contribution < 1.29 is 9.90 Å². The van der Waals surface area contributed by atoms with E-state index < -0.39 is 0 Å². The molecule has 0 spiro atoms. The molecule has 1 N–H and O–H groups in total. The Morgan fingerprint density at radius 1 is 1.14 bits per heavy atom. The summed E-state index contributed by atoms with van der Waals surface area (Å²) < 4.78 is 0. The van der Waals surface area contributed by atoms with Crippen molar-refractivity contribution in [3.8, 4) is 5.75 Å². The largest absolute Gasteiger partial charge is 0.508 e. The summed E-state index contributed by atoms with van der Waals surface area (Å²) in [7, 11) is 0. The minimum absolute atomic E-state index is 0.00769. The second-order valence-electron chi connectivity index (χ2n) is 5.14. The number of hydrogen-bond donors (Lipinski definition) is 1. The standard InChI is InChI=1S/C17H17NO2S/c1-12(13-5-3-2-4-6-13)18-16(20)11-21-17(18)14-7-9-15(19)10-8-14/h2-10,12,17,19H,11H2,1H3/t12-,17+/m0/s1. The van der Waals surface area contributed by atoms with E-state index >= 15 is 0 Å². The predicted octanol–water partition coefficient (Wildman–Crippen LogP) is 3.73. The SMILES string of the molecule is C[C@@H](c1ccccc1)N1C(=O)CS[C@@H]1c1ccc(O)cc1. The molecule has 1 saturated heterocycles. The molecular weight excluding hydrogens is 282 g/mol. The number of thioether (sulfide) groups is 1. The van der Waals surface area contributed by atoms with Gasteiger partial charge in [-0.25, -0.2) is 0 Å². The summed E-state index contributed by atoms with van der Waals surface area (Å²) in [5.74, 6) is 0.910. The van der Waals surface area contributed by atoms with Gasteiger partial charge in [-0.05, 0) is 30.2 Å². The highest BCUT2D eigenvalue weighted by Gasteiger charge is 2.36. The van der Waals surface area contributed by atoms with E-state index in [0.29, 0.717) is 5.75 Å². The van der Waals surface area contributed by atoms with Gasteiger partial charge in [-0.1, -0.05) is 42.5 Å². The van der Waals surface area contributed by atoms with Crippen LogP contribution in [0.25, 0.3) is 0 Å². The summed E-state index contributed by atoms with van der Waals surface area (Å²) in [6, 6.07) is 17.2. The first kappa shape index (κ1) is 14.0. The number of amides is 1. The molecular formula is C17H17NO2S. The van der Waals surface area contributed by atoms with E-state index in [-0.39, 0.29) is 23.1 Å². The van der Waals surface area contributed by atoms with Gasteiger partial charge >= 0.3 is 0 Å². The van der Waals surface area contributed by atoms with Gasteiger partial charge in [0.15, 0.2) is 0 Å². The van der Waals surface area contributed by atoms with E-state index in [0.717, 1.165) is 11.1 Å². The predicted molar refractivity (Wildman–Crippen MR) is 85.0 cm³/mol. The average molecular weight is 299 g/mol. The Kier molecular flexibility index (Phi) is 3.88. The van der Waals surface area contributed by atoms with Gasteiger partial charge in [0.25, 0.3) is 0 Å². The lowest BCUT2D eigenvalue weighted by molar-refractivity contribution is -0.130. The molecule has 3 rings (SSSR count). The number of benzene rings is 2. The summed E-state index contributed by atoms with van der Waals surface area (Å²) in [4.78, 5) is 14.2. The lowest BCUT2D eigenvalue weighted by Gasteiger charge is -2.30. The summed E-state index contributed by atoms with van der Waals surface area (Å²) >= 11 is 1.64. The first-order valence-corrected chi connectivity index (χ1v) is 7.98. The molecule has 1 heterocycles. The third-order valence-electron chi connectivity index (χ3n) is 3.78. The monoisotopic (exact) mass is 299 g/mol. The Morgan fingerprint density at radius 2 is 1.81 bits per heavy atom. The Hall–Kier alpha value is -1.94. The molecule has 21 heavy (non-hydrogen) atoms. The summed E-state index contributed by atoms with van der Waals surface area (Å²) in [6.07, 6.45) is 0. The van der Waals surface area contributed by atoms with Crippen LogP contribution in [-0.2, 0) is 4.79 Å². The number of nitrogens with zero attached hydrogens (tertiary/aromatic N) is 1. The van der Waals surface area contributed by atoms with Crippen LogP contribution in [-0.4, -0.2) is 21.7 Å². The zero-order chi connectivity index (χ0) is 14.8. The molecule has 0 radical (unpaired) electrons. The van der Waals surface area contributed by atoms with E-state index in [1.54, 1.807) is 23.9 Å². The number of phenolic OH excluding ortho intramolecular Hbond substituents is 1. The third kappa shape index (κ3) is 2.76. The van der Waals surface area contributed by atoms with Gasteiger partial charge in [0.2, 0.25) is 5.91 Å². The number of phenols is 1. The Bertz CT molecular complexity index is 627. The molecule has 2 aromatic carbocycles. The van der Waals surface area contributed by atoms with Crippen molar-refractivity contribution in [1.82, 2.24) is 4.90 Å². The quantitative estimate of drug-likeness (QED) is 0.939. The van der Waals surface area contributed by atoms with Crippen molar-refractivity contribution in [1.29, 1.82) is 0 Å². The second kappa shape index (κ2) is 5.82. The van der Waals surface area contributed by atoms with Gasteiger partial charge in [0.05, 0.1) is 11.8 Å². The Labute approximate surface area is 128 Å². The van der Waals surface area contributed by atoms with E-state index in [9.17, 15) is 9.90 Å². The zero-order valence-corrected chi connectivity index (χ0v) is 12.6. The number of rotatable bonds is 3. The van der Waals surface area contributed by atoms with Gasteiger partial charge in [0, 0.05) is 0 Å². The molecule has 0 saturated carbocycles. The average Bonchev–Trinajstić information content (AvgIpc) is 2.90. The lowest BCUT2D eigenvalue weighted by Crippen LogP contribution is -2.31. The van der Waals surface area contributed by atoms with E-state index in [1.807, 2.05) is 35.2 Å². The van der Waals surface area contributed by atoms with Crippen molar-refractivity contribution in [2.24, 2.45) is 0 Å². The number of carbonyl (C=O) groups excluding carboxylic acids is 1. The van der Waals surface area contributed by atoms with E-state index in [1.165, 1.54) is 0 Å². The highest BCUT2D eigenvalue weighted by Crippen LogP contribution is 2.43. The molecule has 0 aromatic heterocycles. The fraction of sp³-hybridized carbons (Fsp3) is 0.235. The fourth-order valence-electron chi connectivity index (χ4n) is 2.64. The summed E-state index contributed by atoms with van der Waals surface area (Å²) in [5, 5.41) is 9.42. The highest BCUT2D eigenvalue weighted by atomic mass is 32.2. The van der Waals surface area contributed by atoms with Crippen molar-refractivity contribution in [3.05, 3.63) is 65.7 Å². The maximum atomic E-state index is 12.3. The van der Waals surface area contributed by atoms with Crippen molar-refractivity contribution >= 4 is 17.7 Å². The zero-order valence-electron chi connectivity index (χ0n) is 11.8. The fourth-order valence-corrected chi connectivity index (χ4v) is 3.90. The third-order valence-corrected chi connectivity index (χ3v) is 5.01. The van der Waals surface area contributed by atoms with Crippen LogP contribution in [0.5, 0.6) is 5.75 Å². The molecule has 0 bridgehead atoms. The molecule has 1 amide bonds. The minimum atomic E-state index is 0.00769. The van der Waals surface area contributed by atoms with Gasteiger partial charge in [-0.2, -0.15) is 0 Å². The molecule has 3 nitrogen and oxygen atoms in total. The minimum Gasteiger partial charge on any atom is -0.508 e. The Balaban J connectivity index is 1.91. The number of hydrogen-bond acceptors (Lipinski definition) is 3. The van der Waals surface area contributed by atoms with Crippen LogP contribution in [0.4, 0.5) is 0 Å². The maximum Gasteiger partial charge on any atom is 0.234 e. The first-order valence-electron chi connectivity index (χ1n) is 6.93. The van der Waals surface area contributed by atoms with Crippen LogP contribution in [0.1, 0.15) is 29.5 Å². The normalized spacial score (nSPS) is 19.8.